The summed E-state index contributed by atoms with van der Waals surface area (Å²) in [5.41, 5.74) is 4.10. The molecular weight excluding hydrogens is 504 g/mol. The van der Waals surface area contributed by atoms with Crippen molar-refractivity contribution >= 4 is 0 Å². The maximum atomic E-state index is 11.2. The van der Waals surface area contributed by atoms with Gasteiger partial charge in [0.15, 0.2) is 6.29 Å². The van der Waals surface area contributed by atoms with Gasteiger partial charge >= 0.3 is 0 Å². The van der Waals surface area contributed by atoms with E-state index in [4.69, 9.17) is 23.7 Å². The molecule has 1 aliphatic heterocycles. The number of rotatable bonds is 13. The molecule has 208 valence electrons. The SMILES string of the molecule is OC1OC(COCc2ccccc2)[C@@H](OCc2ccccc2)C(OCc2ccccc2)[C@H]1OCc1ccccc1. The smallest absolute Gasteiger partial charge is 0.184 e. The Morgan fingerprint density at radius 1 is 0.475 bits per heavy atom. The van der Waals surface area contributed by atoms with Crippen molar-refractivity contribution in [2.24, 2.45) is 0 Å². The highest BCUT2D eigenvalue weighted by Gasteiger charge is 2.48. The van der Waals surface area contributed by atoms with E-state index in [1.165, 1.54) is 0 Å². The summed E-state index contributed by atoms with van der Waals surface area (Å²) >= 11 is 0. The van der Waals surface area contributed by atoms with E-state index in [1.54, 1.807) is 0 Å². The van der Waals surface area contributed by atoms with Gasteiger partial charge in [-0.3, -0.25) is 0 Å². The molecule has 6 heteroatoms. The van der Waals surface area contributed by atoms with Gasteiger partial charge in [0.05, 0.1) is 33.0 Å². The molecule has 0 amide bonds. The molecule has 6 nitrogen and oxygen atoms in total. The maximum Gasteiger partial charge on any atom is 0.184 e. The molecule has 1 heterocycles. The molecule has 4 aromatic rings. The summed E-state index contributed by atoms with van der Waals surface area (Å²) in [4.78, 5) is 0. The van der Waals surface area contributed by atoms with Crippen molar-refractivity contribution in [3.63, 3.8) is 0 Å². The summed E-state index contributed by atoms with van der Waals surface area (Å²) < 4.78 is 31.4. The Labute approximate surface area is 236 Å². The van der Waals surface area contributed by atoms with E-state index in [9.17, 15) is 5.11 Å². The molecule has 0 saturated carbocycles. The lowest BCUT2D eigenvalue weighted by molar-refractivity contribution is -0.317. The van der Waals surface area contributed by atoms with Gasteiger partial charge in [-0.2, -0.15) is 0 Å². The summed E-state index contributed by atoms with van der Waals surface area (Å²) in [5.74, 6) is 0. The molecule has 1 saturated heterocycles. The lowest BCUT2D eigenvalue weighted by atomic mass is 9.98. The predicted molar refractivity (Wildman–Crippen MR) is 152 cm³/mol. The van der Waals surface area contributed by atoms with E-state index in [0.29, 0.717) is 26.4 Å². The first-order valence-corrected chi connectivity index (χ1v) is 13.7. The second-order valence-electron chi connectivity index (χ2n) is 9.85. The number of ether oxygens (including phenoxy) is 5. The van der Waals surface area contributed by atoms with Crippen LogP contribution >= 0.6 is 0 Å². The second kappa shape index (κ2) is 14.9. The van der Waals surface area contributed by atoms with Gasteiger partial charge in [-0.25, -0.2) is 0 Å². The van der Waals surface area contributed by atoms with Crippen LogP contribution in [0, 0.1) is 0 Å². The highest BCUT2D eigenvalue weighted by molar-refractivity contribution is 5.16. The summed E-state index contributed by atoms with van der Waals surface area (Å²) in [6.07, 6.45) is -3.72. The predicted octanol–water partition coefficient (Wildman–Crippen LogP) is 5.68. The Hall–Kier alpha value is -3.36. The van der Waals surface area contributed by atoms with Gasteiger partial charge in [0.1, 0.15) is 24.4 Å². The van der Waals surface area contributed by atoms with Gasteiger partial charge < -0.3 is 28.8 Å². The van der Waals surface area contributed by atoms with Crippen LogP contribution in [0.3, 0.4) is 0 Å². The molecule has 5 atom stereocenters. The average molecular weight is 541 g/mol. The van der Waals surface area contributed by atoms with Crippen molar-refractivity contribution in [3.05, 3.63) is 144 Å². The molecule has 4 aromatic carbocycles. The highest BCUT2D eigenvalue weighted by atomic mass is 16.7. The molecule has 3 unspecified atom stereocenters. The van der Waals surface area contributed by atoms with Gasteiger partial charge in [0, 0.05) is 0 Å². The van der Waals surface area contributed by atoms with Gasteiger partial charge in [-0.05, 0) is 22.3 Å². The molecule has 0 aliphatic carbocycles. The Kier molecular flexibility index (Phi) is 10.5. The van der Waals surface area contributed by atoms with Crippen molar-refractivity contribution < 1.29 is 28.8 Å². The fourth-order valence-corrected chi connectivity index (χ4v) is 4.77. The van der Waals surface area contributed by atoms with Crippen LogP contribution in [0.25, 0.3) is 0 Å². The maximum absolute atomic E-state index is 11.2. The van der Waals surface area contributed by atoms with Crippen LogP contribution in [0.4, 0.5) is 0 Å². The average Bonchev–Trinajstić information content (AvgIpc) is 3.01. The summed E-state index contributed by atoms with van der Waals surface area (Å²) in [6.45, 7) is 1.65. The quantitative estimate of drug-likeness (QED) is 0.236. The largest absolute Gasteiger partial charge is 0.374 e. The molecular formula is C34H36O6. The molecule has 5 rings (SSSR count). The number of benzene rings is 4. The fourth-order valence-electron chi connectivity index (χ4n) is 4.77. The van der Waals surface area contributed by atoms with Crippen LogP contribution in [-0.2, 0) is 50.1 Å². The van der Waals surface area contributed by atoms with Gasteiger partial charge in [-0.1, -0.05) is 121 Å². The summed E-state index contributed by atoms with van der Waals surface area (Å²) in [7, 11) is 0. The zero-order valence-electron chi connectivity index (χ0n) is 22.5. The highest BCUT2D eigenvalue weighted by Crippen LogP contribution is 2.30. The molecule has 0 bridgehead atoms. The molecule has 0 spiro atoms. The number of hydrogen-bond acceptors (Lipinski definition) is 6. The van der Waals surface area contributed by atoms with Gasteiger partial charge in [0.2, 0.25) is 0 Å². The number of aliphatic hydroxyl groups is 1. The lowest BCUT2D eigenvalue weighted by Crippen LogP contribution is -2.61. The Bertz CT molecular complexity index is 1240. The molecule has 1 aliphatic rings. The van der Waals surface area contributed by atoms with Crippen molar-refractivity contribution in [1.29, 1.82) is 0 Å². The van der Waals surface area contributed by atoms with E-state index in [1.807, 2.05) is 121 Å². The number of aliphatic hydroxyl groups excluding tert-OH is 1. The summed E-state index contributed by atoms with van der Waals surface area (Å²) in [5, 5.41) is 11.2. The van der Waals surface area contributed by atoms with E-state index in [2.05, 4.69) is 0 Å². The van der Waals surface area contributed by atoms with E-state index in [0.717, 1.165) is 22.3 Å². The molecule has 0 radical (unpaired) electrons. The first kappa shape index (κ1) is 28.2. The zero-order valence-corrected chi connectivity index (χ0v) is 22.5. The second-order valence-corrected chi connectivity index (χ2v) is 9.85. The first-order valence-electron chi connectivity index (χ1n) is 13.7. The van der Waals surface area contributed by atoms with Crippen LogP contribution in [-0.4, -0.2) is 42.4 Å². The Balaban J connectivity index is 1.36. The minimum Gasteiger partial charge on any atom is -0.374 e. The van der Waals surface area contributed by atoms with Crippen LogP contribution in [0.1, 0.15) is 22.3 Å². The first-order chi connectivity index (χ1) is 19.8. The fraction of sp³-hybridized carbons (Fsp3) is 0.294. The van der Waals surface area contributed by atoms with Crippen molar-refractivity contribution in [2.45, 2.75) is 57.1 Å². The van der Waals surface area contributed by atoms with E-state index >= 15 is 0 Å². The standard InChI is InChI=1S/C34H36O6/c35-34-33(39-24-29-19-11-4-12-20-29)32(38-23-28-17-9-3-10-18-28)31(37-22-27-15-7-2-8-16-27)30(40-34)25-36-21-26-13-5-1-6-14-26/h1-20,30-35H,21-25H2/t30?,31-,32?,33-,34?/m1/s1. The third-order valence-electron chi connectivity index (χ3n) is 6.86. The minimum atomic E-state index is -1.22. The van der Waals surface area contributed by atoms with Crippen molar-refractivity contribution in [2.75, 3.05) is 6.61 Å². The lowest BCUT2D eigenvalue weighted by Gasteiger charge is -2.44. The molecule has 1 N–H and O–H groups in total. The van der Waals surface area contributed by atoms with E-state index < -0.39 is 30.7 Å². The van der Waals surface area contributed by atoms with E-state index in [-0.39, 0.29) is 6.61 Å². The topological polar surface area (TPSA) is 66.4 Å². The zero-order chi connectivity index (χ0) is 27.4. The minimum absolute atomic E-state index is 0.224. The molecule has 40 heavy (non-hydrogen) atoms. The Morgan fingerprint density at radius 2 is 0.850 bits per heavy atom. The molecule has 1 fully saturated rings. The van der Waals surface area contributed by atoms with Crippen LogP contribution in [0.2, 0.25) is 0 Å². The number of hydrogen-bond donors (Lipinski definition) is 1. The Morgan fingerprint density at radius 3 is 1.30 bits per heavy atom. The van der Waals surface area contributed by atoms with Gasteiger partial charge in [-0.15, -0.1) is 0 Å². The monoisotopic (exact) mass is 540 g/mol. The van der Waals surface area contributed by atoms with Crippen molar-refractivity contribution in [1.82, 2.24) is 0 Å². The summed E-state index contributed by atoms with van der Waals surface area (Å²) in [6, 6.07) is 39.7. The third-order valence-corrected chi connectivity index (χ3v) is 6.86. The van der Waals surface area contributed by atoms with Crippen LogP contribution < -0.4 is 0 Å². The van der Waals surface area contributed by atoms with Crippen LogP contribution in [0.15, 0.2) is 121 Å². The third kappa shape index (κ3) is 8.08. The molecule has 0 aromatic heterocycles. The van der Waals surface area contributed by atoms with Crippen molar-refractivity contribution in [3.8, 4) is 0 Å². The van der Waals surface area contributed by atoms with Crippen LogP contribution in [0.5, 0.6) is 0 Å². The van der Waals surface area contributed by atoms with Gasteiger partial charge in [0.25, 0.3) is 0 Å². The normalized spacial score (nSPS) is 22.7.